The molecule has 1 N–H and O–H groups in total. The molecule has 4 heteroatoms. The van der Waals surface area contributed by atoms with Crippen molar-refractivity contribution in [2.75, 3.05) is 46.9 Å². The van der Waals surface area contributed by atoms with Crippen molar-refractivity contribution >= 4 is 12.4 Å². The topological polar surface area (TPSA) is 24.5 Å². The highest BCUT2D eigenvalue weighted by Crippen LogP contribution is 2.15. The van der Waals surface area contributed by atoms with E-state index in [1.54, 1.807) is 7.11 Å². The van der Waals surface area contributed by atoms with Crippen molar-refractivity contribution in [3.05, 3.63) is 0 Å². The molecule has 0 aromatic carbocycles. The number of hydrogen-bond donors (Lipinski definition) is 1. The van der Waals surface area contributed by atoms with Crippen LogP contribution in [-0.4, -0.2) is 51.8 Å². The molecule has 0 atom stereocenters. The summed E-state index contributed by atoms with van der Waals surface area (Å²) in [6, 6.07) is 0. The van der Waals surface area contributed by atoms with Crippen LogP contribution in [0, 0.1) is 5.92 Å². The highest BCUT2D eigenvalue weighted by molar-refractivity contribution is 5.85. The maximum absolute atomic E-state index is 5.05. The summed E-state index contributed by atoms with van der Waals surface area (Å²) >= 11 is 0. The smallest absolute Gasteiger partial charge is 0.0589 e. The molecule has 15 heavy (non-hydrogen) atoms. The summed E-state index contributed by atoms with van der Waals surface area (Å²) in [6.07, 6.45) is 4.07. The first-order valence-electron chi connectivity index (χ1n) is 5.71. The normalized spacial score (nSPS) is 17.8. The summed E-state index contributed by atoms with van der Waals surface area (Å²) < 4.78 is 5.05. The minimum Gasteiger partial charge on any atom is -0.383 e. The first kappa shape index (κ1) is 15.2. The van der Waals surface area contributed by atoms with Gasteiger partial charge in [-0.05, 0) is 51.9 Å². The van der Waals surface area contributed by atoms with Gasteiger partial charge in [0.05, 0.1) is 6.61 Å². The van der Waals surface area contributed by atoms with Crippen molar-refractivity contribution < 1.29 is 4.74 Å². The lowest BCUT2D eigenvalue weighted by molar-refractivity contribution is 0.156. The zero-order chi connectivity index (χ0) is 10.2. The van der Waals surface area contributed by atoms with Crippen LogP contribution >= 0.6 is 12.4 Å². The number of hydrogen-bond acceptors (Lipinski definition) is 3. The van der Waals surface area contributed by atoms with E-state index < -0.39 is 0 Å². The lowest BCUT2D eigenvalue weighted by atomic mass is 9.94. The van der Waals surface area contributed by atoms with Crippen LogP contribution in [0.15, 0.2) is 0 Å². The van der Waals surface area contributed by atoms with Gasteiger partial charge in [-0.15, -0.1) is 12.4 Å². The van der Waals surface area contributed by atoms with E-state index in [-0.39, 0.29) is 12.4 Å². The van der Waals surface area contributed by atoms with E-state index in [4.69, 9.17) is 4.74 Å². The molecule has 0 bridgehead atoms. The third-order valence-electron chi connectivity index (χ3n) is 3.05. The summed E-state index contributed by atoms with van der Waals surface area (Å²) in [4.78, 5) is 2.37. The van der Waals surface area contributed by atoms with Crippen LogP contribution in [0.5, 0.6) is 0 Å². The lowest BCUT2D eigenvalue weighted by Crippen LogP contribution is -2.31. The number of rotatable bonds is 6. The summed E-state index contributed by atoms with van der Waals surface area (Å²) in [5.41, 5.74) is 0. The Bertz CT molecular complexity index is 141. The molecular formula is C11H25ClN2O. The molecular weight excluding hydrogens is 212 g/mol. The van der Waals surface area contributed by atoms with Crippen molar-refractivity contribution in [3.63, 3.8) is 0 Å². The van der Waals surface area contributed by atoms with Gasteiger partial charge in [-0.25, -0.2) is 0 Å². The molecule has 1 fully saturated rings. The molecule has 0 saturated carbocycles. The molecule has 0 unspecified atom stereocenters. The third-order valence-corrected chi connectivity index (χ3v) is 3.05. The Kier molecular flexibility index (Phi) is 9.51. The number of piperidine rings is 1. The van der Waals surface area contributed by atoms with Gasteiger partial charge in [0, 0.05) is 13.7 Å². The number of ether oxygens (including phenoxy) is 1. The quantitative estimate of drug-likeness (QED) is 0.754. The van der Waals surface area contributed by atoms with Crippen molar-refractivity contribution in [2.24, 2.45) is 5.92 Å². The fraction of sp³-hybridized carbons (Fsp3) is 1.00. The Balaban J connectivity index is 0.00000196. The first-order chi connectivity index (χ1) is 6.83. The number of nitrogens with one attached hydrogen (secondary N) is 1. The first-order valence-corrected chi connectivity index (χ1v) is 5.71. The van der Waals surface area contributed by atoms with E-state index in [1.807, 2.05) is 0 Å². The van der Waals surface area contributed by atoms with Crippen LogP contribution in [0.1, 0.15) is 19.3 Å². The van der Waals surface area contributed by atoms with Gasteiger partial charge in [-0.1, -0.05) is 0 Å². The Morgan fingerprint density at radius 2 is 1.93 bits per heavy atom. The van der Waals surface area contributed by atoms with E-state index in [0.29, 0.717) is 0 Å². The van der Waals surface area contributed by atoms with E-state index in [0.717, 1.165) is 19.1 Å². The SMILES string of the molecule is COCCN(C)CCC1CCNCC1.Cl. The average Bonchev–Trinajstić information content (AvgIpc) is 2.25. The zero-order valence-electron chi connectivity index (χ0n) is 10.00. The van der Waals surface area contributed by atoms with Gasteiger partial charge in [0.1, 0.15) is 0 Å². The van der Waals surface area contributed by atoms with Crippen molar-refractivity contribution in [3.8, 4) is 0 Å². The molecule has 0 aromatic rings. The summed E-state index contributed by atoms with van der Waals surface area (Å²) in [5.74, 6) is 0.946. The molecule has 0 aromatic heterocycles. The number of likely N-dealkylation sites (N-methyl/N-ethyl adjacent to an activating group) is 1. The van der Waals surface area contributed by atoms with E-state index in [2.05, 4.69) is 17.3 Å². The summed E-state index contributed by atoms with van der Waals surface area (Å²) in [6.45, 7) is 5.55. The fourth-order valence-electron chi connectivity index (χ4n) is 1.93. The number of nitrogens with zero attached hydrogens (tertiary/aromatic N) is 1. The molecule has 1 heterocycles. The second-order valence-electron chi connectivity index (χ2n) is 4.28. The van der Waals surface area contributed by atoms with Crippen LogP contribution in [0.25, 0.3) is 0 Å². The zero-order valence-corrected chi connectivity index (χ0v) is 10.8. The highest BCUT2D eigenvalue weighted by Gasteiger charge is 2.13. The lowest BCUT2D eigenvalue weighted by Gasteiger charge is -2.25. The second kappa shape index (κ2) is 9.40. The van der Waals surface area contributed by atoms with E-state index >= 15 is 0 Å². The summed E-state index contributed by atoms with van der Waals surface area (Å²) in [5, 5.41) is 3.40. The standard InChI is InChI=1S/C11H24N2O.ClH/c1-13(9-10-14-2)8-5-11-3-6-12-7-4-11;/h11-12H,3-10H2,1-2H3;1H. The van der Waals surface area contributed by atoms with Gasteiger partial charge < -0.3 is 15.0 Å². The summed E-state index contributed by atoms with van der Waals surface area (Å²) in [7, 11) is 3.95. The monoisotopic (exact) mass is 236 g/mol. The molecule has 1 rings (SSSR count). The molecule has 1 aliphatic heterocycles. The van der Waals surface area contributed by atoms with Crippen molar-refractivity contribution in [1.82, 2.24) is 10.2 Å². The van der Waals surface area contributed by atoms with E-state index in [9.17, 15) is 0 Å². The second-order valence-corrected chi connectivity index (χ2v) is 4.28. The Morgan fingerprint density at radius 3 is 2.53 bits per heavy atom. The molecule has 1 aliphatic rings. The van der Waals surface area contributed by atoms with Gasteiger partial charge in [-0.3, -0.25) is 0 Å². The van der Waals surface area contributed by atoms with Gasteiger partial charge in [-0.2, -0.15) is 0 Å². The molecule has 0 amide bonds. The van der Waals surface area contributed by atoms with E-state index in [1.165, 1.54) is 38.9 Å². The molecule has 0 spiro atoms. The predicted molar refractivity (Wildman–Crippen MR) is 66.8 cm³/mol. The molecule has 1 saturated heterocycles. The maximum Gasteiger partial charge on any atom is 0.0589 e. The van der Waals surface area contributed by atoms with Gasteiger partial charge in [0.15, 0.2) is 0 Å². The maximum atomic E-state index is 5.05. The van der Waals surface area contributed by atoms with Gasteiger partial charge in [0.25, 0.3) is 0 Å². The average molecular weight is 237 g/mol. The van der Waals surface area contributed by atoms with Crippen LogP contribution in [-0.2, 0) is 4.74 Å². The predicted octanol–water partition coefficient (Wildman–Crippen LogP) is 1.38. The van der Waals surface area contributed by atoms with Gasteiger partial charge in [0.2, 0.25) is 0 Å². The molecule has 0 radical (unpaired) electrons. The molecule has 0 aliphatic carbocycles. The van der Waals surface area contributed by atoms with Crippen molar-refractivity contribution in [1.29, 1.82) is 0 Å². The van der Waals surface area contributed by atoms with Crippen LogP contribution < -0.4 is 5.32 Å². The minimum absolute atomic E-state index is 0. The number of halogens is 1. The minimum atomic E-state index is 0. The third kappa shape index (κ3) is 7.12. The van der Waals surface area contributed by atoms with Crippen molar-refractivity contribution in [2.45, 2.75) is 19.3 Å². The number of methoxy groups -OCH3 is 1. The Hall–Kier alpha value is 0.170. The Labute approximate surface area is 100.0 Å². The van der Waals surface area contributed by atoms with Crippen LogP contribution in [0.2, 0.25) is 0 Å². The largest absolute Gasteiger partial charge is 0.383 e. The van der Waals surface area contributed by atoms with Crippen LogP contribution in [0.4, 0.5) is 0 Å². The Morgan fingerprint density at radius 1 is 1.27 bits per heavy atom. The van der Waals surface area contributed by atoms with Gasteiger partial charge >= 0.3 is 0 Å². The van der Waals surface area contributed by atoms with Crippen LogP contribution in [0.3, 0.4) is 0 Å². The fourth-order valence-corrected chi connectivity index (χ4v) is 1.93. The highest BCUT2D eigenvalue weighted by atomic mass is 35.5. The molecule has 92 valence electrons. The molecule has 3 nitrogen and oxygen atoms in total.